The predicted octanol–water partition coefficient (Wildman–Crippen LogP) is 2.64. The number of carbonyl (C=O) groups is 2. The molecule has 3 nitrogen and oxygen atoms in total. The number of rotatable bonds is 6. The summed E-state index contributed by atoms with van der Waals surface area (Å²) < 4.78 is 0. The molecule has 0 radical (unpaired) electrons. The van der Waals surface area contributed by atoms with E-state index in [0.29, 0.717) is 12.8 Å². The molecule has 0 atom stereocenters. The first kappa shape index (κ1) is 15.1. The average molecular weight is 227 g/mol. The van der Waals surface area contributed by atoms with Gasteiger partial charge in [-0.15, -0.1) is 0 Å². The molecule has 0 unspecified atom stereocenters. The Morgan fingerprint density at radius 1 is 1.12 bits per heavy atom. The van der Waals surface area contributed by atoms with Crippen LogP contribution in [0.15, 0.2) is 0 Å². The van der Waals surface area contributed by atoms with Crippen LogP contribution < -0.4 is 0 Å². The van der Waals surface area contributed by atoms with Gasteiger partial charge in [0.1, 0.15) is 5.78 Å². The van der Waals surface area contributed by atoms with Gasteiger partial charge in [0.25, 0.3) is 0 Å². The van der Waals surface area contributed by atoms with Gasteiger partial charge in [-0.2, -0.15) is 0 Å². The molecule has 3 heteroatoms. The molecule has 0 saturated heterocycles. The summed E-state index contributed by atoms with van der Waals surface area (Å²) >= 11 is 0. The minimum Gasteiger partial charge on any atom is -0.346 e. The fraction of sp³-hybridized carbons (Fsp3) is 0.846. The third-order valence-electron chi connectivity index (χ3n) is 2.68. The number of hydrogen-bond donors (Lipinski definition) is 0. The molecule has 16 heavy (non-hydrogen) atoms. The van der Waals surface area contributed by atoms with Crippen molar-refractivity contribution in [3.63, 3.8) is 0 Å². The summed E-state index contributed by atoms with van der Waals surface area (Å²) in [7, 11) is 1.81. The molecule has 0 aromatic heterocycles. The standard InChI is InChI=1S/C13H25NO2/c1-6-7-10-14(5)12(16)9-8-11(15)13(2,3)4/h6-10H2,1-5H3. The molecule has 0 aromatic carbocycles. The maximum atomic E-state index is 11.7. The van der Waals surface area contributed by atoms with Crippen molar-refractivity contribution in [2.75, 3.05) is 13.6 Å². The lowest BCUT2D eigenvalue weighted by Gasteiger charge is -2.19. The zero-order valence-corrected chi connectivity index (χ0v) is 11.3. The first-order valence-corrected chi connectivity index (χ1v) is 6.06. The summed E-state index contributed by atoms with van der Waals surface area (Å²) in [5, 5.41) is 0. The zero-order chi connectivity index (χ0) is 12.8. The van der Waals surface area contributed by atoms with Crippen molar-refractivity contribution in [2.45, 2.75) is 53.4 Å². The van der Waals surface area contributed by atoms with Crippen LogP contribution in [-0.4, -0.2) is 30.2 Å². The second-order valence-electron chi connectivity index (χ2n) is 5.34. The van der Waals surface area contributed by atoms with E-state index in [2.05, 4.69) is 6.92 Å². The molecule has 0 N–H and O–H groups in total. The molecule has 0 saturated carbocycles. The van der Waals surface area contributed by atoms with Crippen LogP contribution in [0.25, 0.3) is 0 Å². The molecule has 0 aliphatic rings. The highest BCUT2D eigenvalue weighted by Crippen LogP contribution is 2.17. The van der Waals surface area contributed by atoms with Crippen molar-refractivity contribution in [3.05, 3.63) is 0 Å². The summed E-state index contributed by atoms with van der Waals surface area (Å²) in [6.07, 6.45) is 2.81. The van der Waals surface area contributed by atoms with Crippen molar-refractivity contribution in [1.82, 2.24) is 4.90 Å². The zero-order valence-electron chi connectivity index (χ0n) is 11.3. The van der Waals surface area contributed by atoms with Crippen LogP contribution in [0.5, 0.6) is 0 Å². The van der Waals surface area contributed by atoms with Gasteiger partial charge in [0.2, 0.25) is 5.91 Å². The number of unbranched alkanes of at least 4 members (excludes halogenated alkanes) is 1. The second kappa shape index (κ2) is 6.66. The summed E-state index contributed by atoms with van der Waals surface area (Å²) in [6.45, 7) is 8.56. The molecule has 0 aliphatic carbocycles. The Hall–Kier alpha value is -0.860. The van der Waals surface area contributed by atoms with Crippen LogP contribution in [0.1, 0.15) is 53.4 Å². The lowest BCUT2D eigenvalue weighted by Crippen LogP contribution is -2.29. The number of carbonyl (C=O) groups excluding carboxylic acids is 2. The van der Waals surface area contributed by atoms with Crippen LogP contribution in [-0.2, 0) is 9.59 Å². The largest absolute Gasteiger partial charge is 0.346 e. The van der Waals surface area contributed by atoms with Crippen molar-refractivity contribution < 1.29 is 9.59 Å². The van der Waals surface area contributed by atoms with E-state index in [1.165, 1.54) is 0 Å². The summed E-state index contributed by atoms with van der Waals surface area (Å²) in [5.41, 5.74) is -0.331. The fourth-order valence-corrected chi connectivity index (χ4v) is 1.31. The van der Waals surface area contributed by atoms with E-state index >= 15 is 0 Å². The molecule has 0 fully saturated rings. The van der Waals surface area contributed by atoms with Crippen molar-refractivity contribution >= 4 is 11.7 Å². The second-order valence-corrected chi connectivity index (χ2v) is 5.34. The minimum atomic E-state index is -0.331. The van der Waals surface area contributed by atoms with Gasteiger partial charge in [-0.05, 0) is 6.42 Å². The average Bonchev–Trinajstić information content (AvgIpc) is 2.20. The van der Waals surface area contributed by atoms with E-state index in [4.69, 9.17) is 0 Å². The Bertz CT molecular complexity index is 241. The Kier molecular flexibility index (Phi) is 6.31. The molecule has 0 aromatic rings. The Labute approximate surface area is 99.2 Å². The van der Waals surface area contributed by atoms with E-state index in [0.717, 1.165) is 19.4 Å². The monoisotopic (exact) mass is 227 g/mol. The quantitative estimate of drug-likeness (QED) is 0.699. The van der Waals surface area contributed by atoms with Gasteiger partial charge in [-0.3, -0.25) is 9.59 Å². The highest BCUT2D eigenvalue weighted by atomic mass is 16.2. The van der Waals surface area contributed by atoms with Gasteiger partial charge < -0.3 is 4.90 Å². The van der Waals surface area contributed by atoms with Crippen LogP contribution in [0.2, 0.25) is 0 Å². The van der Waals surface area contributed by atoms with Gasteiger partial charge >= 0.3 is 0 Å². The molecular weight excluding hydrogens is 202 g/mol. The van der Waals surface area contributed by atoms with Gasteiger partial charge in [0.15, 0.2) is 0 Å². The maximum absolute atomic E-state index is 11.7. The minimum absolute atomic E-state index is 0.0750. The van der Waals surface area contributed by atoms with Crippen molar-refractivity contribution in [3.8, 4) is 0 Å². The number of Topliss-reactive ketones (excluding diaryl/α,β-unsaturated/α-hetero) is 1. The molecule has 0 bridgehead atoms. The van der Waals surface area contributed by atoms with E-state index in [1.807, 2.05) is 20.8 Å². The predicted molar refractivity (Wildman–Crippen MR) is 66.2 cm³/mol. The smallest absolute Gasteiger partial charge is 0.222 e. The lowest BCUT2D eigenvalue weighted by atomic mass is 9.88. The SMILES string of the molecule is CCCCN(C)C(=O)CCC(=O)C(C)(C)C. The van der Waals surface area contributed by atoms with Crippen molar-refractivity contribution in [2.24, 2.45) is 5.41 Å². The van der Waals surface area contributed by atoms with Crippen LogP contribution in [0, 0.1) is 5.41 Å². The van der Waals surface area contributed by atoms with Crippen LogP contribution in [0.4, 0.5) is 0 Å². The summed E-state index contributed by atoms with van der Waals surface area (Å²) in [5.74, 6) is 0.232. The summed E-state index contributed by atoms with van der Waals surface area (Å²) in [6, 6.07) is 0. The normalized spacial score (nSPS) is 11.3. The summed E-state index contributed by atoms with van der Waals surface area (Å²) in [4.78, 5) is 25.0. The number of hydrogen-bond acceptors (Lipinski definition) is 2. The number of amides is 1. The van der Waals surface area contributed by atoms with E-state index in [9.17, 15) is 9.59 Å². The molecule has 0 aliphatic heterocycles. The third-order valence-corrected chi connectivity index (χ3v) is 2.68. The highest BCUT2D eigenvalue weighted by Gasteiger charge is 2.22. The van der Waals surface area contributed by atoms with E-state index in [1.54, 1.807) is 11.9 Å². The molecule has 0 spiro atoms. The number of nitrogens with zero attached hydrogens (tertiary/aromatic N) is 1. The number of ketones is 1. The Balaban J connectivity index is 3.94. The first-order chi connectivity index (χ1) is 7.29. The van der Waals surface area contributed by atoms with E-state index in [-0.39, 0.29) is 17.1 Å². The van der Waals surface area contributed by atoms with E-state index < -0.39 is 0 Å². The fourth-order valence-electron chi connectivity index (χ4n) is 1.31. The Morgan fingerprint density at radius 3 is 2.12 bits per heavy atom. The molecule has 1 amide bonds. The first-order valence-electron chi connectivity index (χ1n) is 6.06. The third kappa shape index (κ3) is 5.89. The van der Waals surface area contributed by atoms with Crippen molar-refractivity contribution in [1.29, 1.82) is 0 Å². The topological polar surface area (TPSA) is 37.4 Å². The molecule has 94 valence electrons. The van der Waals surface area contributed by atoms with Gasteiger partial charge in [-0.1, -0.05) is 34.1 Å². The molecule has 0 heterocycles. The van der Waals surface area contributed by atoms with Gasteiger partial charge in [0.05, 0.1) is 0 Å². The molecule has 0 rings (SSSR count). The highest BCUT2D eigenvalue weighted by molar-refractivity contribution is 5.88. The van der Waals surface area contributed by atoms with Crippen LogP contribution >= 0.6 is 0 Å². The maximum Gasteiger partial charge on any atom is 0.222 e. The van der Waals surface area contributed by atoms with Gasteiger partial charge in [0, 0.05) is 31.8 Å². The lowest BCUT2D eigenvalue weighted by molar-refractivity contribution is -0.134. The molecular formula is C13H25NO2. The van der Waals surface area contributed by atoms with Gasteiger partial charge in [-0.25, -0.2) is 0 Å². The van der Waals surface area contributed by atoms with Crippen LogP contribution in [0.3, 0.4) is 0 Å². The Morgan fingerprint density at radius 2 is 1.69 bits per heavy atom.